The third kappa shape index (κ3) is 2.86. The average Bonchev–Trinajstić information content (AvgIpc) is 2.40. The number of amides is 2. The summed E-state index contributed by atoms with van der Waals surface area (Å²) >= 11 is 3.34. The normalized spacial score (nSPS) is 22.6. The van der Waals surface area contributed by atoms with Crippen LogP contribution in [0.1, 0.15) is 28.8 Å². The molecule has 2 amide bonds. The molecule has 1 atom stereocenters. The molecule has 1 aliphatic rings. The zero-order valence-electron chi connectivity index (χ0n) is 11.2. The molecule has 1 saturated heterocycles. The van der Waals surface area contributed by atoms with Crippen LogP contribution < -0.4 is 5.73 Å². The minimum atomic E-state index is -1.62. The van der Waals surface area contributed by atoms with Gasteiger partial charge in [-0.25, -0.2) is 0 Å². The number of rotatable bonds is 2. The average molecular weight is 341 g/mol. The number of carbonyl (C=O) groups excluding carboxylic acids is 2. The maximum absolute atomic E-state index is 12.5. The van der Waals surface area contributed by atoms with E-state index in [1.54, 1.807) is 6.07 Å². The second-order valence-electron chi connectivity index (χ2n) is 5.19. The number of β-amino-alcohol motifs (C(OH)–C–C–N with tert-alkyl or cyclic N) is 1. The zero-order chi connectivity index (χ0) is 14.9. The van der Waals surface area contributed by atoms with Crippen LogP contribution in [0.4, 0.5) is 0 Å². The number of hydrogen-bond acceptors (Lipinski definition) is 3. The van der Waals surface area contributed by atoms with E-state index < -0.39 is 11.5 Å². The number of carbonyl (C=O) groups is 2. The van der Waals surface area contributed by atoms with Crippen LogP contribution in [0.15, 0.2) is 22.7 Å². The minimum Gasteiger partial charge on any atom is -0.378 e. The summed E-state index contributed by atoms with van der Waals surface area (Å²) in [7, 11) is 0. The highest BCUT2D eigenvalue weighted by Crippen LogP contribution is 2.24. The monoisotopic (exact) mass is 340 g/mol. The predicted molar refractivity (Wildman–Crippen MR) is 78.2 cm³/mol. The van der Waals surface area contributed by atoms with Crippen molar-refractivity contribution in [1.82, 2.24) is 4.90 Å². The lowest BCUT2D eigenvalue weighted by molar-refractivity contribution is -0.140. The SMILES string of the molecule is Cc1ccc(Br)cc1C(=O)N1CCCC(O)(C(N)=O)C1. The van der Waals surface area contributed by atoms with Gasteiger partial charge in [0.25, 0.3) is 11.8 Å². The van der Waals surface area contributed by atoms with E-state index in [0.29, 0.717) is 24.9 Å². The molecule has 0 radical (unpaired) electrons. The number of aliphatic hydroxyl groups is 1. The van der Waals surface area contributed by atoms with Crippen molar-refractivity contribution in [3.63, 3.8) is 0 Å². The number of benzene rings is 1. The molecular formula is C14H17BrN2O3. The minimum absolute atomic E-state index is 0.0485. The van der Waals surface area contributed by atoms with Gasteiger partial charge in [-0.05, 0) is 37.5 Å². The van der Waals surface area contributed by atoms with Gasteiger partial charge in [-0.15, -0.1) is 0 Å². The molecule has 5 nitrogen and oxygen atoms in total. The molecule has 20 heavy (non-hydrogen) atoms. The summed E-state index contributed by atoms with van der Waals surface area (Å²) in [6.07, 6.45) is 0.849. The summed E-state index contributed by atoms with van der Waals surface area (Å²) in [5.74, 6) is -0.968. The van der Waals surface area contributed by atoms with Gasteiger partial charge >= 0.3 is 0 Å². The Morgan fingerprint density at radius 2 is 2.15 bits per heavy atom. The first-order valence-electron chi connectivity index (χ1n) is 6.41. The van der Waals surface area contributed by atoms with Crippen molar-refractivity contribution in [1.29, 1.82) is 0 Å². The molecule has 0 bridgehead atoms. The topological polar surface area (TPSA) is 83.6 Å². The third-order valence-electron chi connectivity index (χ3n) is 3.65. The van der Waals surface area contributed by atoms with Gasteiger partial charge in [0, 0.05) is 16.6 Å². The first-order valence-corrected chi connectivity index (χ1v) is 7.20. The van der Waals surface area contributed by atoms with Crippen LogP contribution in [0.3, 0.4) is 0 Å². The Kier molecular flexibility index (Phi) is 4.15. The van der Waals surface area contributed by atoms with Crippen molar-refractivity contribution in [3.05, 3.63) is 33.8 Å². The van der Waals surface area contributed by atoms with Gasteiger partial charge in [0.05, 0.1) is 6.54 Å². The van der Waals surface area contributed by atoms with Crippen molar-refractivity contribution in [3.8, 4) is 0 Å². The molecule has 1 aliphatic heterocycles. The molecule has 1 heterocycles. The number of halogens is 1. The van der Waals surface area contributed by atoms with Crippen molar-refractivity contribution in [2.24, 2.45) is 5.73 Å². The van der Waals surface area contributed by atoms with E-state index in [0.717, 1.165) is 10.0 Å². The quantitative estimate of drug-likeness (QED) is 0.848. The molecule has 0 spiro atoms. The number of primary amides is 1. The van der Waals surface area contributed by atoms with E-state index >= 15 is 0 Å². The predicted octanol–water partition coefficient (Wildman–Crippen LogP) is 1.21. The van der Waals surface area contributed by atoms with Crippen LogP contribution in [0, 0.1) is 6.92 Å². The maximum Gasteiger partial charge on any atom is 0.254 e. The molecule has 1 unspecified atom stereocenters. The Balaban J connectivity index is 2.25. The second-order valence-corrected chi connectivity index (χ2v) is 6.10. The summed E-state index contributed by atoms with van der Waals surface area (Å²) in [6.45, 7) is 2.32. The molecule has 108 valence electrons. The van der Waals surface area contributed by atoms with Crippen molar-refractivity contribution >= 4 is 27.7 Å². The largest absolute Gasteiger partial charge is 0.378 e. The van der Waals surface area contributed by atoms with E-state index in [-0.39, 0.29) is 12.5 Å². The molecule has 1 aromatic carbocycles. The molecule has 0 saturated carbocycles. The number of nitrogens with two attached hydrogens (primary N) is 1. The fraction of sp³-hybridized carbons (Fsp3) is 0.429. The summed E-state index contributed by atoms with van der Waals surface area (Å²) in [4.78, 5) is 25.3. The Labute approximate surface area is 125 Å². The lowest BCUT2D eigenvalue weighted by Gasteiger charge is -2.37. The highest BCUT2D eigenvalue weighted by molar-refractivity contribution is 9.10. The van der Waals surface area contributed by atoms with Crippen LogP contribution >= 0.6 is 15.9 Å². The summed E-state index contributed by atoms with van der Waals surface area (Å²) in [6, 6.07) is 5.46. The third-order valence-corrected chi connectivity index (χ3v) is 4.14. The smallest absolute Gasteiger partial charge is 0.254 e. The van der Waals surface area contributed by atoms with Crippen LogP contribution in [0.25, 0.3) is 0 Å². The fourth-order valence-electron chi connectivity index (χ4n) is 2.41. The summed E-state index contributed by atoms with van der Waals surface area (Å²) in [5, 5.41) is 10.2. The van der Waals surface area contributed by atoms with Crippen LogP contribution in [-0.2, 0) is 4.79 Å². The van der Waals surface area contributed by atoms with E-state index in [9.17, 15) is 14.7 Å². The van der Waals surface area contributed by atoms with Crippen molar-refractivity contribution < 1.29 is 14.7 Å². The maximum atomic E-state index is 12.5. The van der Waals surface area contributed by atoms with Gasteiger partial charge in [0.15, 0.2) is 5.60 Å². The van der Waals surface area contributed by atoms with Crippen molar-refractivity contribution in [2.45, 2.75) is 25.4 Å². The Morgan fingerprint density at radius 1 is 1.45 bits per heavy atom. The Morgan fingerprint density at radius 3 is 2.80 bits per heavy atom. The number of likely N-dealkylation sites (tertiary alicyclic amines) is 1. The van der Waals surface area contributed by atoms with Crippen LogP contribution in [0.5, 0.6) is 0 Å². The van der Waals surface area contributed by atoms with Gasteiger partial charge in [0.2, 0.25) is 0 Å². The van der Waals surface area contributed by atoms with E-state index in [1.165, 1.54) is 4.90 Å². The van der Waals surface area contributed by atoms with Gasteiger partial charge in [-0.3, -0.25) is 9.59 Å². The summed E-state index contributed by atoms with van der Waals surface area (Å²) in [5.41, 5.74) is 5.02. The molecule has 0 aliphatic carbocycles. The van der Waals surface area contributed by atoms with Gasteiger partial charge < -0.3 is 15.7 Å². The van der Waals surface area contributed by atoms with Crippen LogP contribution in [-0.4, -0.2) is 40.5 Å². The zero-order valence-corrected chi connectivity index (χ0v) is 12.8. The second kappa shape index (κ2) is 5.54. The Bertz CT molecular complexity index is 561. The molecule has 2 rings (SSSR count). The van der Waals surface area contributed by atoms with E-state index in [4.69, 9.17) is 5.73 Å². The van der Waals surface area contributed by atoms with E-state index in [2.05, 4.69) is 15.9 Å². The number of aryl methyl sites for hydroxylation is 1. The van der Waals surface area contributed by atoms with Crippen molar-refractivity contribution in [2.75, 3.05) is 13.1 Å². The molecule has 1 aromatic rings. The lowest BCUT2D eigenvalue weighted by Crippen LogP contribution is -2.57. The molecule has 0 aromatic heterocycles. The fourth-order valence-corrected chi connectivity index (χ4v) is 2.77. The first kappa shape index (κ1) is 15.0. The first-order chi connectivity index (χ1) is 9.33. The lowest BCUT2D eigenvalue weighted by atomic mass is 9.91. The van der Waals surface area contributed by atoms with Crippen LogP contribution in [0.2, 0.25) is 0 Å². The number of piperidine rings is 1. The van der Waals surface area contributed by atoms with Gasteiger partial charge in [-0.1, -0.05) is 22.0 Å². The van der Waals surface area contributed by atoms with Gasteiger partial charge in [-0.2, -0.15) is 0 Å². The molecule has 6 heteroatoms. The standard InChI is InChI=1S/C14H17BrN2O3/c1-9-3-4-10(15)7-11(9)12(18)17-6-2-5-14(20,8-17)13(16)19/h3-4,7,20H,2,5-6,8H2,1H3,(H2,16,19). The van der Waals surface area contributed by atoms with Gasteiger partial charge in [0.1, 0.15) is 0 Å². The molecular weight excluding hydrogens is 324 g/mol. The highest BCUT2D eigenvalue weighted by atomic mass is 79.9. The highest BCUT2D eigenvalue weighted by Gasteiger charge is 2.40. The summed E-state index contributed by atoms with van der Waals surface area (Å²) < 4.78 is 0.814. The van der Waals surface area contributed by atoms with E-state index in [1.807, 2.05) is 19.1 Å². The number of hydrogen-bond donors (Lipinski definition) is 2. The Hall–Kier alpha value is -1.40. The molecule has 3 N–H and O–H groups in total. The molecule has 1 fully saturated rings. The number of nitrogens with zero attached hydrogens (tertiary/aromatic N) is 1.